The molecule has 5 atom stereocenters. The smallest absolute Gasteiger partial charge is 0.335 e. The number of carboxylic acid groups (broad SMARTS) is 1. The van der Waals surface area contributed by atoms with Gasteiger partial charge in [0.2, 0.25) is 5.43 Å². The molecule has 0 aliphatic carbocycles. The number of phenols is 2. The summed E-state index contributed by atoms with van der Waals surface area (Å²) in [6, 6.07) is 8.26. The zero-order valence-electron chi connectivity index (χ0n) is 15.7. The summed E-state index contributed by atoms with van der Waals surface area (Å²) in [6.07, 6.45) is -7.99. The molecule has 0 amide bonds. The van der Waals surface area contributed by atoms with E-state index in [9.17, 15) is 40.2 Å². The van der Waals surface area contributed by atoms with Crippen molar-refractivity contribution in [2.45, 2.75) is 30.5 Å². The van der Waals surface area contributed by atoms with Crippen molar-refractivity contribution in [2.75, 3.05) is 0 Å². The van der Waals surface area contributed by atoms with Gasteiger partial charge in [-0.15, -0.1) is 0 Å². The van der Waals surface area contributed by atoms with Crippen LogP contribution < -0.4 is 5.43 Å². The van der Waals surface area contributed by atoms with Crippen LogP contribution in [0.2, 0.25) is 0 Å². The molecule has 1 aromatic heterocycles. The molecule has 4 rings (SSSR count). The number of aliphatic hydroxyl groups excluding tert-OH is 3. The molecule has 2 heterocycles. The maximum atomic E-state index is 13.0. The molecule has 162 valence electrons. The molecule has 0 saturated carbocycles. The first-order valence-electron chi connectivity index (χ1n) is 9.20. The van der Waals surface area contributed by atoms with Crippen LogP contribution in [0.4, 0.5) is 0 Å². The summed E-state index contributed by atoms with van der Waals surface area (Å²) < 4.78 is 10.9. The predicted octanol–water partition coefficient (Wildman–Crippen LogP) is 0.478. The van der Waals surface area contributed by atoms with E-state index in [0.29, 0.717) is 5.56 Å². The highest BCUT2D eigenvalue weighted by atomic mass is 16.6. The van der Waals surface area contributed by atoms with Crippen molar-refractivity contribution in [3.63, 3.8) is 0 Å². The second-order valence-electron chi connectivity index (χ2n) is 7.19. The van der Waals surface area contributed by atoms with Gasteiger partial charge in [-0.25, -0.2) is 4.79 Å². The van der Waals surface area contributed by atoms with Gasteiger partial charge >= 0.3 is 5.97 Å². The van der Waals surface area contributed by atoms with Gasteiger partial charge in [-0.05, 0) is 29.8 Å². The number of hydrogen-bond donors (Lipinski definition) is 6. The number of ether oxygens (including phenoxy) is 1. The summed E-state index contributed by atoms with van der Waals surface area (Å²) >= 11 is 0. The maximum Gasteiger partial charge on any atom is 0.335 e. The number of fused-ring (bicyclic) bond motifs is 1. The number of aliphatic carboxylic acids is 1. The number of rotatable bonds is 3. The molecule has 1 saturated heterocycles. The molecule has 0 spiro atoms. The average Bonchev–Trinajstić information content (AvgIpc) is 2.74. The largest absolute Gasteiger partial charge is 0.508 e. The molecule has 0 unspecified atom stereocenters. The fraction of sp³-hybridized carbons (Fsp3) is 0.238. The Balaban J connectivity index is 1.88. The van der Waals surface area contributed by atoms with Crippen LogP contribution in [0, 0.1) is 0 Å². The van der Waals surface area contributed by atoms with E-state index in [1.807, 2.05) is 0 Å². The van der Waals surface area contributed by atoms with Crippen LogP contribution in [0.1, 0.15) is 11.7 Å². The van der Waals surface area contributed by atoms with E-state index in [4.69, 9.17) is 9.15 Å². The standard InChI is InChI=1S/C21H18O10/c22-9-3-1-8(2-4-9)11-7-30-18-10(14(11)24)5-6-12(23)13(18)19-16(26)15(25)17(27)20(31-19)21(28)29/h1-7,15-17,19-20,22-23,25-27H,(H,28,29)/t15-,16-,17+,19+,20+/m1/s1. The van der Waals surface area contributed by atoms with Gasteiger partial charge < -0.3 is 39.8 Å². The monoisotopic (exact) mass is 430 g/mol. The third-order valence-corrected chi connectivity index (χ3v) is 5.28. The Kier molecular flexibility index (Phi) is 5.15. The fourth-order valence-electron chi connectivity index (χ4n) is 3.65. The number of benzene rings is 2. The average molecular weight is 430 g/mol. The van der Waals surface area contributed by atoms with Gasteiger partial charge in [0, 0.05) is 0 Å². The van der Waals surface area contributed by atoms with E-state index in [-0.39, 0.29) is 27.8 Å². The van der Waals surface area contributed by atoms with Gasteiger partial charge in [-0.1, -0.05) is 12.1 Å². The number of phenolic OH excluding ortho intramolecular Hbond substituents is 2. The topological polar surface area (TPSA) is 178 Å². The van der Waals surface area contributed by atoms with Crippen LogP contribution in [0.3, 0.4) is 0 Å². The minimum absolute atomic E-state index is 0.00154. The second-order valence-corrected chi connectivity index (χ2v) is 7.19. The molecule has 10 nitrogen and oxygen atoms in total. The first-order chi connectivity index (χ1) is 14.7. The molecule has 1 fully saturated rings. The number of hydrogen-bond acceptors (Lipinski definition) is 9. The molecule has 3 aromatic rings. The minimum atomic E-state index is -1.91. The summed E-state index contributed by atoms with van der Waals surface area (Å²) in [5.41, 5.74) is -0.288. The first-order valence-corrected chi connectivity index (χ1v) is 9.20. The quantitative estimate of drug-likeness (QED) is 0.342. The first kappa shape index (κ1) is 20.8. The molecule has 10 heteroatoms. The molecule has 0 bridgehead atoms. The predicted molar refractivity (Wildman–Crippen MR) is 105 cm³/mol. The van der Waals surface area contributed by atoms with Crippen molar-refractivity contribution in [1.29, 1.82) is 0 Å². The van der Waals surface area contributed by atoms with Gasteiger partial charge in [0.1, 0.15) is 47.8 Å². The summed E-state index contributed by atoms with van der Waals surface area (Å²) in [6.45, 7) is 0. The van der Waals surface area contributed by atoms with Crippen LogP contribution in [0.25, 0.3) is 22.1 Å². The van der Waals surface area contributed by atoms with Gasteiger partial charge in [0.15, 0.2) is 6.10 Å². The Morgan fingerprint density at radius 3 is 2.23 bits per heavy atom. The Hall–Kier alpha value is -3.44. The lowest BCUT2D eigenvalue weighted by molar-refractivity contribution is -0.229. The van der Waals surface area contributed by atoms with Gasteiger partial charge in [0.05, 0.1) is 16.5 Å². The highest BCUT2D eigenvalue weighted by Crippen LogP contribution is 2.40. The SMILES string of the molecule is O=C(O)[C@H]1O[C@@H](c2c(O)ccc3c(=O)c(-c4ccc(O)cc4)coc23)[C@H](O)[C@@H](O)[C@@H]1O. The van der Waals surface area contributed by atoms with E-state index in [0.717, 1.165) is 12.3 Å². The maximum absolute atomic E-state index is 13.0. The lowest BCUT2D eigenvalue weighted by Crippen LogP contribution is -2.56. The lowest BCUT2D eigenvalue weighted by Gasteiger charge is -2.39. The third kappa shape index (κ3) is 3.41. The molecule has 2 aromatic carbocycles. The Bertz CT molecular complexity index is 1200. The van der Waals surface area contributed by atoms with E-state index in [1.54, 1.807) is 0 Å². The number of aromatic hydroxyl groups is 2. The van der Waals surface area contributed by atoms with Crippen molar-refractivity contribution in [3.05, 3.63) is 58.4 Å². The van der Waals surface area contributed by atoms with Gasteiger partial charge in [0.25, 0.3) is 0 Å². The van der Waals surface area contributed by atoms with Crippen molar-refractivity contribution < 1.29 is 44.6 Å². The highest BCUT2D eigenvalue weighted by molar-refractivity contribution is 5.86. The molecule has 31 heavy (non-hydrogen) atoms. The van der Waals surface area contributed by atoms with Crippen LogP contribution in [-0.4, -0.2) is 61.0 Å². The number of carbonyl (C=O) groups is 1. The highest BCUT2D eigenvalue weighted by Gasteiger charge is 2.48. The minimum Gasteiger partial charge on any atom is -0.508 e. The summed E-state index contributed by atoms with van der Waals surface area (Å²) in [5, 5.41) is 59.4. The van der Waals surface area contributed by atoms with Crippen molar-refractivity contribution >= 4 is 16.9 Å². The van der Waals surface area contributed by atoms with Crippen LogP contribution >= 0.6 is 0 Å². The molecule has 1 aliphatic heterocycles. The molecular formula is C21H18O10. The zero-order valence-corrected chi connectivity index (χ0v) is 15.7. The van der Waals surface area contributed by atoms with Crippen LogP contribution in [0.5, 0.6) is 11.5 Å². The number of carboxylic acids is 1. The lowest BCUT2D eigenvalue weighted by atomic mass is 9.89. The van der Waals surface area contributed by atoms with E-state index >= 15 is 0 Å². The normalized spacial score (nSPS) is 26.1. The summed E-state index contributed by atoms with van der Waals surface area (Å²) in [7, 11) is 0. The van der Waals surface area contributed by atoms with Gasteiger partial charge in [-0.3, -0.25) is 4.79 Å². The number of aliphatic hydroxyl groups is 3. The molecular weight excluding hydrogens is 412 g/mol. The molecule has 0 radical (unpaired) electrons. The van der Waals surface area contributed by atoms with Crippen molar-refractivity contribution in [3.8, 4) is 22.6 Å². The summed E-state index contributed by atoms with van der Waals surface area (Å²) in [5.74, 6) is -2.04. The summed E-state index contributed by atoms with van der Waals surface area (Å²) in [4.78, 5) is 24.4. The second kappa shape index (κ2) is 7.67. The van der Waals surface area contributed by atoms with Gasteiger partial charge in [-0.2, -0.15) is 0 Å². The van der Waals surface area contributed by atoms with Crippen molar-refractivity contribution in [2.24, 2.45) is 0 Å². The zero-order chi connectivity index (χ0) is 22.4. The Morgan fingerprint density at radius 2 is 1.58 bits per heavy atom. The van der Waals surface area contributed by atoms with E-state index in [2.05, 4.69) is 0 Å². The Labute approximate surface area is 173 Å². The van der Waals surface area contributed by atoms with Crippen LogP contribution in [0.15, 0.2) is 51.9 Å². The van der Waals surface area contributed by atoms with E-state index < -0.39 is 47.7 Å². The van der Waals surface area contributed by atoms with E-state index in [1.165, 1.54) is 30.3 Å². The fourth-order valence-corrected chi connectivity index (χ4v) is 3.65. The Morgan fingerprint density at radius 1 is 0.903 bits per heavy atom. The third-order valence-electron chi connectivity index (χ3n) is 5.28. The van der Waals surface area contributed by atoms with Crippen LogP contribution in [-0.2, 0) is 9.53 Å². The van der Waals surface area contributed by atoms with Crippen molar-refractivity contribution in [1.82, 2.24) is 0 Å². The molecule has 6 N–H and O–H groups in total. The molecule has 1 aliphatic rings.